The van der Waals surface area contributed by atoms with Gasteiger partial charge in [0.15, 0.2) is 11.5 Å². The zero-order valence-corrected chi connectivity index (χ0v) is 9.84. The second kappa shape index (κ2) is 4.66. The van der Waals surface area contributed by atoms with Gasteiger partial charge in [0.1, 0.15) is 0 Å². The van der Waals surface area contributed by atoms with E-state index in [1.807, 2.05) is 19.1 Å². The van der Waals surface area contributed by atoms with E-state index in [2.05, 4.69) is 15.9 Å². The van der Waals surface area contributed by atoms with Crippen LogP contribution in [0.25, 0.3) is 0 Å². The summed E-state index contributed by atoms with van der Waals surface area (Å²) in [5, 5.41) is 9.81. The lowest BCUT2D eigenvalue weighted by atomic mass is 10.1. The molecule has 3 N–H and O–H groups in total. The van der Waals surface area contributed by atoms with Crippen LogP contribution >= 0.6 is 15.9 Å². The molecule has 1 aromatic rings. The van der Waals surface area contributed by atoms with Crippen molar-refractivity contribution in [2.75, 3.05) is 7.11 Å². The Balaban J connectivity index is 3.08. The van der Waals surface area contributed by atoms with Gasteiger partial charge in [0, 0.05) is 6.04 Å². The monoisotopic (exact) mass is 259 g/mol. The topological polar surface area (TPSA) is 55.5 Å². The first-order valence-corrected chi connectivity index (χ1v) is 5.15. The number of phenolic OH excluding ortho intramolecular Hbond substituents is 1. The van der Waals surface area contributed by atoms with Crippen LogP contribution in [0.4, 0.5) is 0 Å². The number of nitrogens with two attached hydrogens (primary N) is 1. The van der Waals surface area contributed by atoms with Gasteiger partial charge in [-0.1, -0.05) is 6.07 Å². The lowest BCUT2D eigenvalue weighted by Gasteiger charge is -2.12. The molecule has 0 aliphatic heterocycles. The molecule has 14 heavy (non-hydrogen) atoms. The number of phenols is 1. The molecule has 1 atom stereocenters. The van der Waals surface area contributed by atoms with Crippen molar-refractivity contribution < 1.29 is 9.84 Å². The van der Waals surface area contributed by atoms with Gasteiger partial charge in [-0.05, 0) is 40.9 Å². The van der Waals surface area contributed by atoms with Crippen molar-refractivity contribution in [3.63, 3.8) is 0 Å². The summed E-state index contributed by atoms with van der Waals surface area (Å²) in [4.78, 5) is 0. The van der Waals surface area contributed by atoms with E-state index < -0.39 is 0 Å². The number of hydrogen-bond acceptors (Lipinski definition) is 3. The summed E-state index contributed by atoms with van der Waals surface area (Å²) in [6.45, 7) is 1.90. The number of ether oxygens (including phenoxy) is 1. The van der Waals surface area contributed by atoms with Gasteiger partial charge in [-0.15, -0.1) is 0 Å². The maximum absolute atomic E-state index is 9.81. The fraction of sp³-hybridized carbons (Fsp3) is 0.400. The van der Waals surface area contributed by atoms with Gasteiger partial charge in [0.2, 0.25) is 0 Å². The molecule has 0 heterocycles. The summed E-state index contributed by atoms with van der Waals surface area (Å²) in [6.07, 6.45) is 0.634. The third-order valence-electron chi connectivity index (χ3n) is 1.91. The molecular formula is C10H14BrNO2. The van der Waals surface area contributed by atoms with E-state index in [-0.39, 0.29) is 11.8 Å². The SMILES string of the molecule is COc1c(Br)ccc(CC(C)N)c1O. The standard InChI is InChI=1S/C10H14BrNO2/c1-6(12)5-7-3-4-8(11)10(14-2)9(7)13/h3-4,6,13H,5,12H2,1-2H3. The highest BCUT2D eigenvalue weighted by molar-refractivity contribution is 9.10. The Hall–Kier alpha value is -0.740. The van der Waals surface area contributed by atoms with E-state index in [1.54, 1.807) is 0 Å². The summed E-state index contributed by atoms with van der Waals surface area (Å²) < 4.78 is 5.80. The van der Waals surface area contributed by atoms with Crippen molar-refractivity contribution in [1.29, 1.82) is 0 Å². The number of methoxy groups -OCH3 is 1. The Morgan fingerprint density at radius 1 is 1.57 bits per heavy atom. The maximum Gasteiger partial charge on any atom is 0.174 e. The second-order valence-corrected chi connectivity index (χ2v) is 4.12. The first-order chi connectivity index (χ1) is 6.56. The second-order valence-electron chi connectivity index (χ2n) is 3.27. The Bertz CT molecular complexity index is 326. The van der Waals surface area contributed by atoms with Gasteiger partial charge in [-0.25, -0.2) is 0 Å². The highest BCUT2D eigenvalue weighted by atomic mass is 79.9. The largest absolute Gasteiger partial charge is 0.504 e. The zero-order valence-electron chi connectivity index (χ0n) is 8.25. The minimum Gasteiger partial charge on any atom is -0.504 e. The van der Waals surface area contributed by atoms with Gasteiger partial charge in [-0.2, -0.15) is 0 Å². The van der Waals surface area contributed by atoms with Gasteiger partial charge >= 0.3 is 0 Å². The fourth-order valence-electron chi connectivity index (χ4n) is 1.29. The molecule has 1 rings (SSSR count). The normalized spacial score (nSPS) is 12.6. The molecule has 0 saturated heterocycles. The molecule has 3 nitrogen and oxygen atoms in total. The van der Waals surface area contributed by atoms with Crippen molar-refractivity contribution in [2.24, 2.45) is 5.73 Å². The smallest absolute Gasteiger partial charge is 0.174 e. The van der Waals surface area contributed by atoms with E-state index in [0.29, 0.717) is 12.2 Å². The Kier molecular flexibility index (Phi) is 3.77. The predicted octanol–water partition coefficient (Wildman–Crippen LogP) is 2.05. The molecular weight excluding hydrogens is 246 g/mol. The highest BCUT2D eigenvalue weighted by Gasteiger charge is 2.12. The minimum absolute atomic E-state index is 0.0202. The average Bonchev–Trinajstić information content (AvgIpc) is 2.10. The fourth-order valence-corrected chi connectivity index (χ4v) is 1.77. The van der Waals surface area contributed by atoms with Crippen molar-refractivity contribution in [3.05, 3.63) is 22.2 Å². The van der Waals surface area contributed by atoms with Crippen molar-refractivity contribution in [3.8, 4) is 11.5 Å². The van der Waals surface area contributed by atoms with E-state index in [9.17, 15) is 5.11 Å². The van der Waals surface area contributed by atoms with Crippen LogP contribution in [-0.2, 0) is 6.42 Å². The van der Waals surface area contributed by atoms with Crippen molar-refractivity contribution >= 4 is 15.9 Å². The van der Waals surface area contributed by atoms with Gasteiger partial charge < -0.3 is 15.6 Å². The molecule has 0 spiro atoms. The van der Waals surface area contributed by atoms with Crippen LogP contribution in [-0.4, -0.2) is 18.3 Å². The Morgan fingerprint density at radius 2 is 2.21 bits per heavy atom. The molecule has 0 aliphatic rings. The first kappa shape index (κ1) is 11.3. The molecule has 78 valence electrons. The van der Waals surface area contributed by atoms with Crippen molar-refractivity contribution in [1.82, 2.24) is 0 Å². The quantitative estimate of drug-likeness (QED) is 0.874. The lowest BCUT2D eigenvalue weighted by Crippen LogP contribution is -2.17. The number of aromatic hydroxyl groups is 1. The Morgan fingerprint density at radius 3 is 2.71 bits per heavy atom. The summed E-state index contributed by atoms with van der Waals surface area (Å²) in [7, 11) is 1.52. The molecule has 1 unspecified atom stereocenters. The molecule has 4 heteroatoms. The Labute approximate surface area is 92.0 Å². The minimum atomic E-state index is 0.0202. The zero-order chi connectivity index (χ0) is 10.7. The number of hydrogen-bond donors (Lipinski definition) is 2. The molecule has 0 aliphatic carbocycles. The van der Waals surface area contributed by atoms with Gasteiger partial charge in [0.05, 0.1) is 11.6 Å². The summed E-state index contributed by atoms with van der Waals surface area (Å²) >= 11 is 3.29. The van der Waals surface area contributed by atoms with Crippen LogP contribution in [0.5, 0.6) is 11.5 Å². The van der Waals surface area contributed by atoms with Crippen molar-refractivity contribution in [2.45, 2.75) is 19.4 Å². The van der Waals surface area contributed by atoms with Gasteiger partial charge in [0.25, 0.3) is 0 Å². The van der Waals surface area contributed by atoms with Crippen LogP contribution < -0.4 is 10.5 Å². The third-order valence-corrected chi connectivity index (χ3v) is 2.54. The molecule has 0 bridgehead atoms. The van der Waals surface area contributed by atoms with Crippen LogP contribution in [0.2, 0.25) is 0 Å². The molecule has 0 radical (unpaired) electrons. The van der Waals surface area contributed by atoms with E-state index in [0.717, 1.165) is 10.0 Å². The summed E-state index contributed by atoms with van der Waals surface area (Å²) in [5.41, 5.74) is 6.46. The summed E-state index contributed by atoms with van der Waals surface area (Å²) in [6, 6.07) is 3.70. The lowest BCUT2D eigenvalue weighted by molar-refractivity contribution is 0.367. The number of halogens is 1. The molecule has 1 aromatic carbocycles. The maximum atomic E-state index is 9.81. The predicted molar refractivity (Wildman–Crippen MR) is 59.7 cm³/mol. The first-order valence-electron chi connectivity index (χ1n) is 4.36. The summed E-state index contributed by atoms with van der Waals surface area (Å²) in [5.74, 6) is 0.627. The van der Waals surface area contributed by atoms with Crippen LogP contribution in [0, 0.1) is 0 Å². The molecule has 0 fully saturated rings. The molecule has 0 amide bonds. The molecule has 0 aromatic heterocycles. The van der Waals surface area contributed by atoms with Crippen LogP contribution in [0.15, 0.2) is 16.6 Å². The molecule has 0 saturated carbocycles. The third kappa shape index (κ3) is 2.39. The van der Waals surface area contributed by atoms with Crippen LogP contribution in [0.1, 0.15) is 12.5 Å². The van der Waals surface area contributed by atoms with Gasteiger partial charge in [-0.3, -0.25) is 0 Å². The average molecular weight is 260 g/mol. The van der Waals surface area contributed by atoms with E-state index in [1.165, 1.54) is 7.11 Å². The van der Waals surface area contributed by atoms with Crippen LogP contribution in [0.3, 0.4) is 0 Å². The number of rotatable bonds is 3. The highest BCUT2D eigenvalue weighted by Crippen LogP contribution is 2.37. The van der Waals surface area contributed by atoms with E-state index >= 15 is 0 Å². The number of benzene rings is 1. The van der Waals surface area contributed by atoms with E-state index in [4.69, 9.17) is 10.5 Å².